The lowest BCUT2D eigenvalue weighted by Gasteiger charge is -2.34. The standard InChI is InChI=1S/C19H23NO2/c1-3-17(20)18(21)22-19(4-2,15-11-7-5-8-12-15)16-13-9-6-10-14-16/h5-14,17H,3-4,20H2,1-2H3. The number of nitrogens with two attached hydrogens (primary N) is 1. The molecular formula is C19H23NO2. The van der Waals surface area contributed by atoms with Gasteiger partial charge in [-0.15, -0.1) is 0 Å². The summed E-state index contributed by atoms with van der Waals surface area (Å²) in [5.74, 6) is -0.364. The lowest BCUT2D eigenvalue weighted by atomic mass is 9.83. The van der Waals surface area contributed by atoms with Crippen LogP contribution in [0.5, 0.6) is 0 Å². The van der Waals surface area contributed by atoms with Crippen LogP contribution in [0, 0.1) is 0 Å². The van der Waals surface area contributed by atoms with Gasteiger partial charge >= 0.3 is 5.97 Å². The molecule has 0 spiro atoms. The van der Waals surface area contributed by atoms with Gasteiger partial charge in [0, 0.05) is 11.1 Å². The van der Waals surface area contributed by atoms with Gasteiger partial charge in [0.15, 0.2) is 5.60 Å². The summed E-state index contributed by atoms with van der Waals surface area (Å²) in [6.07, 6.45) is 1.20. The van der Waals surface area contributed by atoms with Gasteiger partial charge in [0.25, 0.3) is 0 Å². The normalized spacial score (nSPS) is 12.7. The zero-order chi connectivity index (χ0) is 16.0. The Labute approximate surface area is 132 Å². The minimum atomic E-state index is -0.799. The molecule has 3 nitrogen and oxygen atoms in total. The van der Waals surface area contributed by atoms with Crippen molar-refractivity contribution in [1.82, 2.24) is 0 Å². The SMILES string of the molecule is CCC(N)C(=O)OC(CC)(c1ccccc1)c1ccccc1. The van der Waals surface area contributed by atoms with Crippen molar-refractivity contribution in [2.45, 2.75) is 38.3 Å². The lowest BCUT2D eigenvalue weighted by molar-refractivity contribution is -0.159. The summed E-state index contributed by atoms with van der Waals surface area (Å²) in [6.45, 7) is 3.90. The zero-order valence-electron chi connectivity index (χ0n) is 13.2. The van der Waals surface area contributed by atoms with Crippen LogP contribution in [0.3, 0.4) is 0 Å². The molecule has 0 bridgehead atoms. The fourth-order valence-electron chi connectivity index (χ4n) is 2.59. The number of rotatable bonds is 6. The van der Waals surface area contributed by atoms with Crippen molar-refractivity contribution in [3.8, 4) is 0 Å². The van der Waals surface area contributed by atoms with Crippen molar-refractivity contribution in [2.75, 3.05) is 0 Å². The van der Waals surface area contributed by atoms with Crippen molar-refractivity contribution in [3.05, 3.63) is 71.8 Å². The molecule has 0 aliphatic carbocycles. The van der Waals surface area contributed by atoms with E-state index in [0.29, 0.717) is 12.8 Å². The minimum absolute atomic E-state index is 0.364. The van der Waals surface area contributed by atoms with Gasteiger partial charge in [-0.3, -0.25) is 4.79 Å². The van der Waals surface area contributed by atoms with E-state index in [2.05, 4.69) is 0 Å². The van der Waals surface area contributed by atoms with Gasteiger partial charge in [-0.05, 0) is 12.8 Å². The van der Waals surface area contributed by atoms with Gasteiger partial charge in [-0.25, -0.2) is 0 Å². The van der Waals surface area contributed by atoms with Gasteiger partial charge in [-0.1, -0.05) is 74.5 Å². The summed E-state index contributed by atoms with van der Waals surface area (Å²) in [5.41, 5.74) is 6.98. The highest BCUT2D eigenvalue weighted by Gasteiger charge is 2.37. The molecule has 0 aliphatic rings. The van der Waals surface area contributed by atoms with E-state index < -0.39 is 11.6 Å². The molecule has 0 saturated heterocycles. The molecule has 116 valence electrons. The first kappa shape index (κ1) is 16.2. The Kier molecular flexibility index (Phi) is 5.34. The van der Waals surface area contributed by atoms with E-state index in [1.165, 1.54) is 0 Å². The predicted molar refractivity (Wildman–Crippen MR) is 88.3 cm³/mol. The van der Waals surface area contributed by atoms with E-state index in [9.17, 15) is 4.79 Å². The third-order valence-electron chi connectivity index (χ3n) is 4.00. The first-order chi connectivity index (χ1) is 10.6. The molecule has 3 heteroatoms. The second-order valence-corrected chi connectivity index (χ2v) is 5.35. The van der Waals surface area contributed by atoms with Crippen LogP contribution in [-0.4, -0.2) is 12.0 Å². The highest BCUT2D eigenvalue weighted by molar-refractivity contribution is 5.76. The Morgan fingerprint density at radius 2 is 1.45 bits per heavy atom. The maximum Gasteiger partial charge on any atom is 0.324 e. The lowest BCUT2D eigenvalue weighted by Crippen LogP contribution is -2.40. The van der Waals surface area contributed by atoms with Crippen LogP contribution in [0.1, 0.15) is 37.8 Å². The fourth-order valence-corrected chi connectivity index (χ4v) is 2.59. The molecule has 0 amide bonds. The van der Waals surface area contributed by atoms with E-state index >= 15 is 0 Å². The summed E-state index contributed by atoms with van der Waals surface area (Å²) in [5, 5.41) is 0. The number of carbonyl (C=O) groups is 1. The van der Waals surface area contributed by atoms with Crippen molar-refractivity contribution < 1.29 is 9.53 Å². The molecule has 2 aromatic rings. The van der Waals surface area contributed by atoms with E-state index in [1.54, 1.807) is 0 Å². The average molecular weight is 297 g/mol. The molecule has 0 radical (unpaired) electrons. The Hall–Kier alpha value is -2.13. The largest absolute Gasteiger partial charge is 0.448 e. The third-order valence-corrected chi connectivity index (χ3v) is 4.00. The van der Waals surface area contributed by atoms with E-state index in [1.807, 2.05) is 74.5 Å². The minimum Gasteiger partial charge on any atom is -0.448 e. The first-order valence-electron chi connectivity index (χ1n) is 7.73. The molecule has 22 heavy (non-hydrogen) atoms. The van der Waals surface area contributed by atoms with Crippen LogP contribution in [0.2, 0.25) is 0 Å². The van der Waals surface area contributed by atoms with Crippen LogP contribution in [0.15, 0.2) is 60.7 Å². The smallest absolute Gasteiger partial charge is 0.324 e. The number of hydrogen-bond donors (Lipinski definition) is 1. The molecule has 0 saturated carbocycles. The van der Waals surface area contributed by atoms with Gasteiger partial charge in [0.2, 0.25) is 0 Å². The van der Waals surface area contributed by atoms with Gasteiger partial charge < -0.3 is 10.5 Å². The summed E-state index contributed by atoms with van der Waals surface area (Å²) >= 11 is 0. The van der Waals surface area contributed by atoms with Gasteiger partial charge in [-0.2, -0.15) is 0 Å². The number of hydrogen-bond acceptors (Lipinski definition) is 3. The fraction of sp³-hybridized carbons (Fsp3) is 0.316. The first-order valence-corrected chi connectivity index (χ1v) is 7.73. The summed E-state index contributed by atoms with van der Waals surface area (Å²) in [6, 6.07) is 19.1. The second kappa shape index (κ2) is 7.23. The van der Waals surface area contributed by atoms with Crippen LogP contribution >= 0.6 is 0 Å². The molecule has 2 rings (SSSR count). The maximum absolute atomic E-state index is 12.3. The van der Waals surface area contributed by atoms with Crippen LogP contribution in [0.4, 0.5) is 0 Å². The quantitative estimate of drug-likeness (QED) is 0.829. The molecule has 0 fully saturated rings. The van der Waals surface area contributed by atoms with E-state index in [4.69, 9.17) is 10.5 Å². The van der Waals surface area contributed by atoms with E-state index in [0.717, 1.165) is 11.1 Å². The Morgan fingerprint density at radius 3 is 1.82 bits per heavy atom. The van der Waals surface area contributed by atoms with Crippen LogP contribution < -0.4 is 5.73 Å². The van der Waals surface area contributed by atoms with Crippen molar-refractivity contribution in [1.29, 1.82) is 0 Å². The highest BCUT2D eigenvalue weighted by atomic mass is 16.6. The third kappa shape index (κ3) is 3.20. The molecule has 0 aromatic heterocycles. The highest BCUT2D eigenvalue weighted by Crippen LogP contribution is 2.37. The molecule has 2 N–H and O–H groups in total. The zero-order valence-corrected chi connectivity index (χ0v) is 13.2. The maximum atomic E-state index is 12.3. The molecule has 0 heterocycles. The van der Waals surface area contributed by atoms with Crippen molar-refractivity contribution >= 4 is 5.97 Å². The number of ether oxygens (including phenoxy) is 1. The summed E-state index contributed by atoms with van der Waals surface area (Å²) in [4.78, 5) is 12.3. The molecule has 1 atom stereocenters. The Bertz CT molecular complexity index is 556. The molecule has 0 aliphatic heterocycles. The number of carbonyl (C=O) groups excluding carboxylic acids is 1. The Balaban J connectivity index is 2.51. The van der Waals surface area contributed by atoms with Crippen LogP contribution in [0.25, 0.3) is 0 Å². The second-order valence-electron chi connectivity index (χ2n) is 5.35. The average Bonchev–Trinajstić information content (AvgIpc) is 2.60. The van der Waals surface area contributed by atoms with Gasteiger partial charge in [0.05, 0.1) is 0 Å². The monoisotopic (exact) mass is 297 g/mol. The predicted octanol–water partition coefficient (Wildman–Crippen LogP) is 3.62. The summed E-state index contributed by atoms with van der Waals surface area (Å²) in [7, 11) is 0. The molecule has 1 unspecified atom stereocenters. The van der Waals surface area contributed by atoms with E-state index in [-0.39, 0.29) is 5.97 Å². The van der Waals surface area contributed by atoms with Crippen LogP contribution in [-0.2, 0) is 15.1 Å². The topological polar surface area (TPSA) is 52.3 Å². The van der Waals surface area contributed by atoms with Crippen molar-refractivity contribution in [3.63, 3.8) is 0 Å². The molecular weight excluding hydrogens is 274 g/mol. The summed E-state index contributed by atoms with van der Waals surface area (Å²) < 4.78 is 5.95. The van der Waals surface area contributed by atoms with Crippen molar-refractivity contribution in [2.24, 2.45) is 5.73 Å². The number of esters is 1. The Morgan fingerprint density at radius 1 is 1.00 bits per heavy atom. The molecule has 2 aromatic carbocycles. The number of benzene rings is 2. The van der Waals surface area contributed by atoms with Gasteiger partial charge in [0.1, 0.15) is 6.04 Å².